The number of aromatic amines is 1. The molecule has 3 rings (SSSR count). The molecule has 0 atom stereocenters. The molecule has 0 spiro atoms. The Morgan fingerprint density at radius 1 is 1.00 bits per heavy atom. The lowest BCUT2D eigenvalue weighted by Gasteiger charge is -1.99. The van der Waals surface area contributed by atoms with Crippen LogP contribution in [0.2, 0.25) is 0 Å². The number of hydrogen-bond acceptors (Lipinski definition) is 2. The highest BCUT2D eigenvalue weighted by Gasteiger charge is 2.08. The molecule has 2 aromatic carbocycles. The molecule has 3 nitrogen and oxygen atoms in total. The van der Waals surface area contributed by atoms with E-state index in [0.717, 1.165) is 22.5 Å². The minimum Gasteiger partial charge on any atom is -0.507 e. The van der Waals surface area contributed by atoms with Crippen LogP contribution in [0.25, 0.3) is 22.5 Å². The Bertz CT molecular complexity index is 716. The van der Waals surface area contributed by atoms with Gasteiger partial charge in [-0.05, 0) is 36.8 Å². The summed E-state index contributed by atoms with van der Waals surface area (Å²) in [7, 11) is 0. The summed E-state index contributed by atoms with van der Waals surface area (Å²) in [6.07, 6.45) is 0. The molecule has 2 N–H and O–H groups in total. The first-order valence-corrected chi connectivity index (χ1v) is 6.15. The number of para-hydroxylation sites is 1. The van der Waals surface area contributed by atoms with Gasteiger partial charge in [-0.2, -0.15) is 5.10 Å². The lowest BCUT2D eigenvalue weighted by molar-refractivity contribution is 0.477. The van der Waals surface area contributed by atoms with E-state index in [9.17, 15) is 5.11 Å². The molecule has 0 aliphatic heterocycles. The van der Waals surface area contributed by atoms with Gasteiger partial charge in [0.2, 0.25) is 0 Å². The summed E-state index contributed by atoms with van der Waals surface area (Å²) in [6, 6.07) is 17.4. The molecule has 94 valence electrons. The van der Waals surface area contributed by atoms with Crippen LogP contribution in [-0.2, 0) is 0 Å². The molecule has 0 unspecified atom stereocenters. The second kappa shape index (κ2) is 4.61. The Morgan fingerprint density at radius 2 is 1.84 bits per heavy atom. The summed E-state index contributed by atoms with van der Waals surface area (Å²) in [5.74, 6) is 0.241. The molecular formula is C16H14N2O. The minimum atomic E-state index is 0.241. The Hall–Kier alpha value is -2.55. The van der Waals surface area contributed by atoms with Crippen molar-refractivity contribution in [3.8, 4) is 28.3 Å². The molecule has 0 fully saturated rings. The highest BCUT2D eigenvalue weighted by atomic mass is 16.3. The molecule has 3 aromatic rings. The van der Waals surface area contributed by atoms with E-state index in [2.05, 4.69) is 29.3 Å². The minimum absolute atomic E-state index is 0.241. The van der Waals surface area contributed by atoms with Gasteiger partial charge in [0.25, 0.3) is 0 Å². The largest absolute Gasteiger partial charge is 0.507 e. The number of aromatic hydroxyl groups is 1. The summed E-state index contributed by atoms with van der Waals surface area (Å²) in [5.41, 5.74) is 4.72. The van der Waals surface area contributed by atoms with Gasteiger partial charge in [0.15, 0.2) is 0 Å². The lowest BCUT2D eigenvalue weighted by Crippen LogP contribution is -1.78. The van der Waals surface area contributed by atoms with Crippen molar-refractivity contribution in [3.05, 3.63) is 60.2 Å². The third-order valence-electron chi connectivity index (χ3n) is 3.09. The number of phenolic OH excluding ortho intramolecular Hbond substituents is 1. The molecule has 0 saturated heterocycles. The number of benzene rings is 2. The molecule has 0 radical (unpaired) electrons. The molecular weight excluding hydrogens is 236 g/mol. The molecule has 3 heteroatoms. The number of H-pyrrole nitrogens is 1. The zero-order valence-corrected chi connectivity index (χ0v) is 10.6. The quantitative estimate of drug-likeness (QED) is 0.727. The van der Waals surface area contributed by atoms with Gasteiger partial charge >= 0.3 is 0 Å². The van der Waals surface area contributed by atoms with E-state index in [0.29, 0.717) is 0 Å². The van der Waals surface area contributed by atoms with Crippen molar-refractivity contribution in [2.45, 2.75) is 6.92 Å². The Kier molecular flexibility index (Phi) is 2.80. The van der Waals surface area contributed by atoms with Crippen LogP contribution in [0.5, 0.6) is 5.75 Å². The highest BCUT2D eigenvalue weighted by Crippen LogP contribution is 2.29. The second-order valence-corrected chi connectivity index (χ2v) is 4.55. The predicted molar refractivity (Wildman–Crippen MR) is 75.9 cm³/mol. The summed E-state index contributed by atoms with van der Waals surface area (Å²) >= 11 is 0. The third-order valence-corrected chi connectivity index (χ3v) is 3.09. The van der Waals surface area contributed by atoms with Crippen LogP contribution in [0.15, 0.2) is 54.6 Å². The topological polar surface area (TPSA) is 48.9 Å². The molecule has 1 aromatic heterocycles. The maximum atomic E-state index is 9.83. The fourth-order valence-corrected chi connectivity index (χ4v) is 2.11. The number of aromatic nitrogens is 2. The first-order chi connectivity index (χ1) is 9.24. The van der Waals surface area contributed by atoms with Crippen LogP contribution < -0.4 is 0 Å². The number of aryl methyl sites for hydroxylation is 1. The van der Waals surface area contributed by atoms with Crippen LogP contribution in [0.3, 0.4) is 0 Å². The average Bonchev–Trinajstić information content (AvgIpc) is 2.89. The standard InChI is InChI=1S/C16H14N2O/c1-11-5-4-6-12(9-11)14-10-15(18-17-14)13-7-2-3-8-16(13)19/h2-10,19H,1H3,(H,17,18). The summed E-state index contributed by atoms with van der Waals surface area (Å²) in [6.45, 7) is 2.06. The molecule has 0 aliphatic carbocycles. The molecule has 0 amide bonds. The van der Waals surface area contributed by atoms with Crippen molar-refractivity contribution < 1.29 is 5.11 Å². The maximum Gasteiger partial charge on any atom is 0.125 e. The molecule has 19 heavy (non-hydrogen) atoms. The lowest BCUT2D eigenvalue weighted by atomic mass is 10.1. The van der Waals surface area contributed by atoms with Crippen LogP contribution in [0.1, 0.15) is 5.56 Å². The Labute approximate surface area is 111 Å². The number of nitrogens with one attached hydrogen (secondary N) is 1. The number of rotatable bonds is 2. The van der Waals surface area contributed by atoms with Gasteiger partial charge in [-0.1, -0.05) is 35.9 Å². The fraction of sp³-hybridized carbons (Fsp3) is 0.0625. The highest BCUT2D eigenvalue weighted by molar-refractivity contribution is 5.72. The van der Waals surface area contributed by atoms with Crippen molar-refractivity contribution in [1.82, 2.24) is 10.2 Å². The zero-order valence-electron chi connectivity index (χ0n) is 10.6. The van der Waals surface area contributed by atoms with Crippen molar-refractivity contribution in [2.75, 3.05) is 0 Å². The van der Waals surface area contributed by atoms with E-state index in [-0.39, 0.29) is 5.75 Å². The van der Waals surface area contributed by atoms with E-state index in [1.54, 1.807) is 12.1 Å². The summed E-state index contributed by atoms with van der Waals surface area (Å²) in [4.78, 5) is 0. The molecule has 0 aliphatic rings. The van der Waals surface area contributed by atoms with Crippen molar-refractivity contribution >= 4 is 0 Å². The van der Waals surface area contributed by atoms with Crippen LogP contribution in [0.4, 0.5) is 0 Å². The monoisotopic (exact) mass is 250 g/mol. The molecule has 0 saturated carbocycles. The van der Waals surface area contributed by atoms with Crippen LogP contribution in [0, 0.1) is 6.92 Å². The smallest absolute Gasteiger partial charge is 0.125 e. The van der Waals surface area contributed by atoms with Gasteiger partial charge in [0.1, 0.15) is 5.75 Å². The Morgan fingerprint density at radius 3 is 2.63 bits per heavy atom. The summed E-state index contributed by atoms with van der Waals surface area (Å²) < 4.78 is 0. The zero-order chi connectivity index (χ0) is 13.2. The van der Waals surface area contributed by atoms with Gasteiger partial charge in [-0.15, -0.1) is 0 Å². The Balaban J connectivity index is 2.03. The van der Waals surface area contributed by atoms with Gasteiger partial charge in [0.05, 0.1) is 11.4 Å². The number of hydrogen-bond donors (Lipinski definition) is 2. The first-order valence-electron chi connectivity index (χ1n) is 6.15. The normalized spacial score (nSPS) is 10.6. The second-order valence-electron chi connectivity index (χ2n) is 4.55. The van der Waals surface area contributed by atoms with E-state index >= 15 is 0 Å². The molecule has 0 bridgehead atoms. The average molecular weight is 250 g/mol. The SMILES string of the molecule is Cc1cccc(-c2cc(-c3ccccc3O)n[nH]2)c1. The van der Waals surface area contributed by atoms with Gasteiger partial charge in [0, 0.05) is 5.56 Å². The fourth-order valence-electron chi connectivity index (χ4n) is 2.11. The van der Waals surface area contributed by atoms with Gasteiger partial charge < -0.3 is 5.11 Å². The van der Waals surface area contributed by atoms with Crippen molar-refractivity contribution in [1.29, 1.82) is 0 Å². The number of phenols is 1. The van der Waals surface area contributed by atoms with Gasteiger partial charge in [-0.3, -0.25) is 5.10 Å². The van der Waals surface area contributed by atoms with Crippen molar-refractivity contribution in [3.63, 3.8) is 0 Å². The van der Waals surface area contributed by atoms with Crippen LogP contribution >= 0.6 is 0 Å². The predicted octanol–water partition coefficient (Wildman–Crippen LogP) is 3.76. The van der Waals surface area contributed by atoms with Gasteiger partial charge in [-0.25, -0.2) is 0 Å². The third kappa shape index (κ3) is 2.22. The summed E-state index contributed by atoms with van der Waals surface area (Å²) in [5, 5.41) is 17.1. The van der Waals surface area contributed by atoms with E-state index in [1.807, 2.05) is 30.3 Å². The van der Waals surface area contributed by atoms with E-state index in [4.69, 9.17) is 0 Å². The number of nitrogens with zero attached hydrogens (tertiary/aromatic N) is 1. The van der Waals surface area contributed by atoms with E-state index in [1.165, 1.54) is 5.56 Å². The first kappa shape index (κ1) is 11.5. The van der Waals surface area contributed by atoms with Crippen molar-refractivity contribution in [2.24, 2.45) is 0 Å². The van der Waals surface area contributed by atoms with E-state index < -0.39 is 0 Å². The molecule has 1 heterocycles. The van der Waals surface area contributed by atoms with Crippen LogP contribution in [-0.4, -0.2) is 15.3 Å². The maximum absolute atomic E-state index is 9.83.